The fourth-order valence-corrected chi connectivity index (χ4v) is 4.54. The molecule has 0 fully saturated rings. The molecule has 0 bridgehead atoms. The number of nitrogens with zero attached hydrogens (tertiary/aromatic N) is 3. The van der Waals surface area contributed by atoms with E-state index in [0.29, 0.717) is 16.5 Å². The Morgan fingerprint density at radius 1 is 1.16 bits per heavy atom. The summed E-state index contributed by atoms with van der Waals surface area (Å²) in [4.78, 5) is 20.1. The van der Waals surface area contributed by atoms with Crippen LogP contribution in [0.5, 0.6) is 0 Å². The van der Waals surface area contributed by atoms with Gasteiger partial charge in [0, 0.05) is 50.6 Å². The number of carbonyl (C=O) groups excluding carboxylic acids is 1. The summed E-state index contributed by atoms with van der Waals surface area (Å²) in [5.41, 5.74) is 6.76. The molecule has 1 amide bonds. The van der Waals surface area contributed by atoms with Gasteiger partial charge in [-0.15, -0.1) is 0 Å². The van der Waals surface area contributed by atoms with Crippen LogP contribution >= 0.6 is 11.6 Å². The van der Waals surface area contributed by atoms with Crippen LogP contribution in [0.2, 0.25) is 5.02 Å². The van der Waals surface area contributed by atoms with Crippen molar-refractivity contribution in [3.63, 3.8) is 0 Å². The number of imidazole rings is 1. The van der Waals surface area contributed by atoms with Gasteiger partial charge in [-0.3, -0.25) is 9.69 Å². The van der Waals surface area contributed by atoms with E-state index in [9.17, 15) is 4.79 Å². The van der Waals surface area contributed by atoms with E-state index in [4.69, 9.17) is 11.6 Å². The minimum Gasteiger partial charge on any atom is -0.388 e. The van der Waals surface area contributed by atoms with Crippen LogP contribution in [0.25, 0.3) is 11.1 Å². The molecular formula is C24H28ClN5O. The molecule has 3 aromatic rings. The summed E-state index contributed by atoms with van der Waals surface area (Å²) in [6.07, 6.45) is 0.900. The molecule has 31 heavy (non-hydrogen) atoms. The Labute approximate surface area is 188 Å². The van der Waals surface area contributed by atoms with E-state index < -0.39 is 0 Å². The van der Waals surface area contributed by atoms with Crippen molar-refractivity contribution in [2.75, 3.05) is 30.8 Å². The first-order chi connectivity index (χ1) is 14.9. The number of rotatable bonds is 5. The van der Waals surface area contributed by atoms with Gasteiger partial charge in [0.05, 0.1) is 16.4 Å². The maximum absolute atomic E-state index is 13.1. The van der Waals surface area contributed by atoms with Crippen LogP contribution in [0.15, 0.2) is 36.4 Å². The summed E-state index contributed by atoms with van der Waals surface area (Å²) in [6, 6.07) is 11.8. The molecule has 7 heteroatoms. The number of benzene rings is 2. The fraction of sp³-hybridized carbons (Fsp3) is 0.333. The molecule has 0 saturated carbocycles. The standard InChI is InChI=1S/C24H28ClN5O/c1-5-30-13-12-21-20(14-30)27-23(29(21)4)24(31)28-19-11-7-9-17(22(19)25)16-8-6-10-18(26-3)15(16)2/h6-11,26H,5,12-14H2,1-4H3,(H,28,31). The maximum Gasteiger partial charge on any atom is 0.291 e. The van der Waals surface area contributed by atoms with E-state index in [0.717, 1.165) is 59.8 Å². The minimum atomic E-state index is -0.250. The molecule has 2 heterocycles. The third-order valence-electron chi connectivity index (χ3n) is 6.13. The van der Waals surface area contributed by atoms with Crippen LogP contribution in [-0.4, -0.2) is 40.5 Å². The number of halogens is 1. The number of hydrogen-bond donors (Lipinski definition) is 2. The van der Waals surface area contributed by atoms with Gasteiger partial charge in [0.25, 0.3) is 5.91 Å². The number of amides is 1. The zero-order chi connectivity index (χ0) is 22.1. The summed E-state index contributed by atoms with van der Waals surface area (Å²) in [7, 11) is 3.81. The van der Waals surface area contributed by atoms with Crippen molar-refractivity contribution in [2.45, 2.75) is 26.8 Å². The highest BCUT2D eigenvalue weighted by Crippen LogP contribution is 2.37. The van der Waals surface area contributed by atoms with Crippen LogP contribution in [0.3, 0.4) is 0 Å². The minimum absolute atomic E-state index is 0.250. The Morgan fingerprint density at radius 3 is 2.58 bits per heavy atom. The molecule has 2 N–H and O–H groups in total. The Kier molecular flexibility index (Phi) is 6.03. The van der Waals surface area contributed by atoms with Crippen LogP contribution < -0.4 is 10.6 Å². The third kappa shape index (κ3) is 3.93. The van der Waals surface area contributed by atoms with Crippen molar-refractivity contribution in [1.29, 1.82) is 0 Å². The summed E-state index contributed by atoms with van der Waals surface area (Å²) in [6.45, 7) is 6.95. The number of hydrogen-bond acceptors (Lipinski definition) is 4. The Bertz CT molecular complexity index is 1140. The van der Waals surface area contributed by atoms with E-state index >= 15 is 0 Å². The molecular weight excluding hydrogens is 410 g/mol. The second-order valence-electron chi connectivity index (χ2n) is 7.86. The van der Waals surface area contributed by atoms with Gasteiger partial charge in [0.2, 0.25) is 0 Å². The summed E-state index contributed by atoms with van der Waals surface area (Å²) < 4.78 is 1.91. The van der Waals surface area contributed by atoms with E-state index in [1.807, 2.05) is 55.1 Å². The molecule has 1 aliphatic heterocycles. The second kappa shape index (κ2) is 8.73. The summed E-state index contributed by atoms with van der Waals surface area (Å²) >= 11 is 6.75. The van der Waals surface area contributed by atoms with Crippen molar-refractivity contribution in [2.24, 2.45) is 7.05 Å². The molecule has 0 aliphatic carbocycles. The number of nitrogens with one attached hydrogen (secondary N) is 2. The van der Waals surface area contributed by atoms with Crippen LogP contribution in [0.1, 0.15) is 34.5 Å². The van der Waals surface area contributed by atoms with Crippen LogP contribution in [0, 0.1) is 6.92 Å². The lowest BCUT2D eigenvalue weighted by molar-refractivity contribution is 0.101. The predicted molar refractivity (Wildman–Crippen MR) is 127 cm³/mol. The first-order valence-electron chi connectivity index (χ1n) is 10.6. The number of likely N-dealkylation sites (N-methyl/N-ethyl adjacent to an activating group) is 1. The smallest absolute Gasteiger partial charge is 0.291 e. The molecule has 0 atom stereocenters. The highest BCUT2D eigenvalue weighted by molar-refractivity contribution is 6.36. The molecule has 4 rings (SSSR count). The zero-order valence-electron chi connectivity index (χ0n) is 18.4. The average Bonchev–Trinajstić information content (AvgIpc) is 3.11. The molecule has 0 saturated heterocycles. The number of aromatic nitrogens is 2. The van der Waals surface area contributed by atoms with Gasteiger partial charge in [-0.1, -0.05) is 42.8 Å². The average molecular weight is 438 g/mol. The highest BCUT2D eigenvalue weighted by Gasteiger charge is 2.25. The first kappa shape index (κ1) is 21.4. The molecule has 0 unspecified atom stereocenters. The highest BCUT2D eigenvalue weighted by atomic mass is 35.5. The molecule has 162 valence electrons. The van der Waals surface area contributed by atoms with Crippen molar-refractivity contribution < 1.29 is 4.79 Å². The first-order valence-corrected chi connectivity index (χ1v) is 11.0. The van der Waals surface area contributed by atoms with E-state index in [2.05, 4.69) is 34.4 Å². The van der Waals surface area contributed by atoms with Gasteiger partial charge in [-0.05, 0) is 36.7 Å². The number of carbonyl (C=O) groups is 1. The maximum atomic E-state index is 13.1. The second-order valence-corrected chi connectivity index (χ2v) is 8.23. The van der Waals surface area contributed by atoms with Gasteiger partial charge in [0.1, 0.15) is 0 Å². The van der Waals surface area contributed by atoms with Gasteiger partial charge in [0.15, 0.2) is 5.82 Å². The lowest BCUT2D eigenvalue weighted by atomic mass is 9.98. The van der Waals surface area contributed by atoms with Crippen molar-refractivity contribution in [1.82, 2.24) is 14.5 Å². The molecule has 0 spiro atoms. The third-order valence-corrected chi connectivity index (χ3v) is 6.53. The quantitative estimate of drug-likeness (QED) is 0.606. The van der Waals surface area contributed by atoms with E-state index in [-0.39, 0.29) is 5.91 Å². The number of anilines is 2. The van der Waals surface area contributed by atoms with Crippen molar-refractivity contribution in [3.8, 4) is 11.1 Å². The zero-order valence-corrected chi connectivity index (χ0v) is 19.2. The molecule has 1 aliphatic rings. The predicted octanol–water partition coefficient (Wildman–Crippen LogP) is 4.72. The number of fused-ring (bicyclic) bond motifs is 1. The largest absolute Gasteiger partial charge is 0.388 e. The molecule has 2 aromatic carbocycles. The summed E-state index contributed by atoms with van der Waals surface area (Å²) in [5.74, 6) is 0.164. The van der Waals surface area contributed by atoms with Crippen molar-refractivity contribution in [3.05, 3.63) is 64.2 Å². The normalized spacial score (nSPS) is 13.7. The monoisotopic (exact) mass is 437 g/mol. The molecule has 1 aromatic heterocycles. The topological polar surface area (TPSA) is 62.2 Å². The van der Waals surface area contributed by atoms with E-state index in [1.165, 1.54) is 0 Å². The Morgan fingerprint density at radius 2 is 1.87 bits per heavy atom. The summed E-state index contributed by atoms with van der Waals surface area (Å²) in [5, 5.41) is 6.70. The fourth-order valence-electron chi connectivity index (χ4n) is 4.27. The van der Waals surface area contributed by atoms with Crippen LogP contribution in [-0.2, 0) is 20.0 Å². The van der Waals surface area contributed by atoms with Gasteiger partial charge < -0.3 is 15.2 Å². The SMILES string of the molecule is CCN1CCc2c(nc(C(=O)Nc3cccc(-c4cccc(NC)c4C)c3Cl)n2C)C1. The lowest BCUT2D eigenvalue weighted by Gasteiger charge is -2.24. The van der Waals surface area contributed by atoms with Gasteiger partial charge in [-0.25, -0.2) is 4.98 Å². The van der Waals surface area contributed by atoms with Crippen molar-refractivity contribution >= 4 is 28.9 Å². The van der Waals surface area contributed by atoms with Gasteiger partial charge in [-0.2, -0.15) is 0 Å². The Hall–Kier alpha value is -2.83. The van der Waals surface area contributed by atoms with E-state index in [1.54, 1.807) is 0 Å². The molecule has 0 radical (unpaired) electrons. The molecule has 6 nitrogen and oxygen atoms in total. The lowest BCUT2D eigenvalue weighted by Crippen LogP contribution is -2.30. The van der Waals surface area contributed by atoms with Gasteiger partial charge >= 0.3 is 0 Å². The van der Waals surface area contributed by atoms with Crippen LogP contribution in [0.4, 0.5) is 11.4 Å². The Balaban J connectivity index is 1.64.